The second kappa shape index (κ2) is 44.3. The molecule has 0 aliphatic carbocycles. The minimum absolute atomic E-state index is 0.0801. The number of allylic oxidation sites excluding steroid dienone is 24. The molecule has 0 aromatic carbocycles. The van der Waals surface area contributed by atoms with E-state index in [1.54, 1.807) is 0 Å². The maximum atomic E-state index is 12.8. The van der Waals surface area contributed by atoms with Crippen LogP contribution in [0.5, 0.6) is 0 Å². The highest BCUT2D eigenvalue weighted by Gasteiger charge is 2.44. The summed E-state index contributed by atoms with van der Waals surface area (Å²) < 4.78 is 22.7. The second-order valence-corrected chi connectivity index (χ2v) is 15.4. The van der Waals surface area contributed by atoms with Gasteiger partial charge in [-0.15, -0.1) is 0 Å². The normalized spacial score (nSPS) is 20.9. The highest BCUT2D eigenvalue weighted by molar-refractivity contribution is 5.69. The van der Waals surface area contributed by atoms with Gasteiger partial charge in [0.15, 0.2) is 6.29 Å². The average Bonchev–Trinajstić information content (AvgIpc) is 3.30. The van der Waals surface area contributed by atoms with Gasteiger partial charge in [-0.2, -0.15) is 0 Å². The van der Waals surface area contributed by atoms with Crippen molar-refractivity contribution in [3.8, 4) is 0 Å². The molecule has 0 amide bonds. The van der Waals surface area contributed by atoms with Crippen molar-refractivity contribution in [2.24, 2.45) is 0 Å². The monoisotopic (exact) mass is 889 g/mol. The molecule has 9 heteroatoms. The van der Waals surface area contributed by atoms with Crippen LogP contribution in [0.3, 0.4) is 0 Å². The van der Waals surface area contributed by atoms with Gasteiger partial charge in [0.25, 0.3) is 0 Å². The predicted octanol–water partition coefficient (Wildman–Crippen LogP) is 11.5. The highest BCUT2D eigenvalue weighted by atomic mass is 16.7. The number of carbonyl (C=O) groups excluding carboxylic acids is 1. The van der Waals surface area contributed by atoms with Crippen LogP contribution in [0.4, 0.5) is 0 Å². The Balaban J connectivity index is 2.35. The Kier molecular flexibility index (Phi) is 40.2. The molecule has 0 spiro atoms. The summed E-state index contributed by atoms with van der Waals surface area (Å²) in [5.41, 5.74) is 0. The summed E-state index contributed by atoms with van der Waals surface area (Å²) >= 11 is 0. The Morgan fingerprint density at radius 1 is 0.500 bits per heavy atom. The Bertz CT molecular complexity index is 1480. The van der Waals surface area contributed by atoms with E-state index in [9.17, 15) is 25.2 Å². The minimum Gasteiger partial charge on any atom is -0.457 e. The van der Waals surface area contributed by atoms with Crippen LogP contribution >= 0.6 is 0 Å². The molecule has 0 radical (unpaired) electrons. The SMILES string of the molecule is CC/C=C\C/C=C\C/C=C\C/C=C\C/C=C\C/C=C\C/C=C\CCCC(=O)OC(COCCCC/C=C\C/C=C\C/C=C\C/C=C\C/C=C\CC)COC1OC(CO)C(O)C(O)C1O. The molecule has 0 aromatic heterocycles. The van der Waals surface area contributed by atoms with Crippen molar-refractivity contribution in [2.75, 3.05) is 26.4 Å². The molecule has 64 heavy (non-hydrogen) atoms. The van der Waals surface area contributed by atoms with E-state index in [1.807, 2.05) is 0 Å². The summed E-state index contributed by atoms with van der Waals surface area (Å²) in [7, 11) is 0. The van der Waals surface area contributed by atoms with Crippen LogP contribution in [0.1, 0.15) is 129 Å². The zero-order valence-electron chi connectivity index (χ0n) is 39.2. The van der Waals surface area contributed by atoms with Crippen molar-refractivity contribution in [1.82, 2.24) is 0 Å². The quantitative estimate of drug-likeness (QED) is 0.0271. The van der Waals surface area contributed by atoms with E-state index < -0.39 is 49.4 Å². The molecule has 1 saturated heterocycles. The van der Waals surface area contributed by atoms with Crippen LogP contribution in [0.25, 0.3) is 0 Å². The number of aliphatic hydroxyl groups excluding tert-OH is 4. The van der Waals surface area contributed by atoms with Gasteiger partial charge in [-0.3, -0.25) is 4.79 Å². The van der Waals surface area contributed by atoms with E-state index in [2.05, 4.69) is 160 Å². The Hall–Kier alpha value is -3.93. The van der Waals surface area contributed by atoms with Crippen LogP contribution in [0.2, 0.25) is 0 Å². The zero-order chi connectivity index (χ0) is 46.4. The number of esters is 1. The molecule has 1 heterocycles. The summed E-state index contributed by atoms with van der Waals surface area (Å²) in [5.74, 6) is -0.394. The van der Waals surface area contributed by atoms with Gasteiger partial charge in [-0.05, 0) is 109 Å². The van der Waals surface area contributed by atoms with Crippen LogP contribution in [0.15, 0.2) is 146 Å². The summed E-state index contributed by atoms with van der Waals surface area (Å²) in [5, 5.41) is 40.2. The van der Waals surface area contributed by atoms with Gasteiger partial charge in [0.1, 0.15) is 30.5 Å². The molecule has 6 unspecified atom stereocenters. The molecule has 0 bridgehead atoms. The second-order valence-electron chi connectivity index (χ2n) is 15.4. The van der Waals surface area contributed by atoms with Crippen molar-refractivity contribution < 1.29 is 44.2 Å². The van der Waals surface area contributed by atoms with Gasteiger partial charge < -0.3 is 39.4 Å². The van der Waals surface area contributed by atoms with Crippen LogP contribution in [0, 0.1) is 0 Å². The van der Waals surface area contributed by atoms with E-state index in [1.165, 1.54) is 0 Å². The lowest BCUT2D eigenvalue weighted by atomic mass is 9.99. The number of aliphatic hydroxyl groups is 4. The van der Waals surface area contributed by atoms with E-state index in [-0.39, 0.29) is 19.6 Å². The molecule has 1 fully saturated rings. The fourth-order valence-electron chi connectivity index (χ4n) is 6.09. The Morgan fingerprint density at radius 2 is 0.891 bits per heavy atom. The summed E-state index contributed by atoms with van der Waals surface area (Å²) in [6.45, 7) is 4.11. The summed E-state index contributed by atoms with van der Waals surface area (Å²) in [6, 6.07) is 0. The molecule has 9 nitrogen and oxygen atoms in total. The van der Waals surface area contributed by atoms with Gasteiger partial charge in [0.2, 0.25) is 0 Å². The van der Waals surface area contributed by atoms with Crippen LogP contribution < -0.4 is 0 Å². The molecule has 0 saturated carbocycles. The first kappa shape index (κ1) is 58.1. The number of unbranched alkanes of at least 4 members (excludes halogenated alkanes) is 3. The van der Waals surface area contributed by atoms with Crippen molar-refractivity contribution in [1.29, 1.82) is 0 Å². The van der Waals surface area contributed by atoms with E-state index >= 15 is 0 Å². The third-order valence-electron chi connectivity index (χ3n) is 9.75. The minimum atomic E-state index is -1.57. The Labute approximate surface area is 387 Å². The van der Waals surface area contributed by atoms with Crippen molar-refractivity contribution in [3.63, 3.8) is 0 Å². The number of carbonyl (C=O) groups is 1. The third kappa shape index (κ3) is 34.5. The standard InChI is InChI=1S/C55H84O9/c1-3-5-7-9-11-13-15-17-19-21-23-24-25-26-27-28-30-32-34-36-38-40-42-44-51(57)63-49(48-62-55-54(60)53(59)52(58)50(46-56)64-55)47-61-45-43-41-39-37-35-33-31-29-22-20-18-16-14-12-10-8-6-4-2/h5-8,11-14,17-20,23-24,26-27,29-32,35-38,49-50,52-56,58-60H,3-4,9-10,15-16,21-22,25,28,33-34,39-48H2,1-2H3/b7-5-,8-6-,13-11-,14-12-,19-17-,20-18-,24-23-,27-26-,31-29-,32-30-,37-35-,38-36-. The molecule has 358 valence electrons. The molecule has 4 N–H and O–H groups in total. The summed E-state index contributed by atoms with van der Waals surface area (Å²) in [4.78, 5) is 12.8. The smallest absolute Gasteiger partial charge is 0.306 e. The molecule has 1 aliphatic heterocycles. The largest absolute Gasteiger partial charge is 0.457 e. The maximum Gasteiger partial charge on any atom is 0.306 e. The average molecular weight is 889 g/mol. The fourth-order valence-corrected chi connectivity index (χ4v) is 6.09. The summed E-state index contributed by atoms with van der Waals surface area (Å²) in [6.07, 6.45) is 60.3. The predicted molar refractivity (Wildman–Crippen MR) is 265 cm³/mol. The number of hydrogen-bond acceptors (Lipinski definition) is 9. The van der Waals surface area contributed by atoms with Crippen LogP contribution in [-0.2, 0) is 23.7 Å². The molecule has 0 aromatic rings. The first-order chi connectivity index (χ1) is 31.4. The van der Waals surface area contributed by atoms with Crippen LogP contribution in [-0.4, -0.2) is 89.6 Å². The van der Waals surface area contributed by atoms with Gasteiger partial charge >= 0.3 is 5.97 Å². The fraction of sp³-hybridized carbons (Fsp3) is 0.545. The lowest BCUT2D eigenvalue weighted by Gasteiger charge is -2.39. The Morgan fingerprint density at radius 3 is 1.30 bits per heavy atom. The van der Waals surface area contributed by atoms with E-state index in [0.29, 0.717) is 13.0 Å². The van der Waals surface area contributed by atoms with Gasteiger partial charge in [0, 0.05) is 13.0 Å². The zero-order valence-corrected chi connectivity index (χ0v) is 39.2. The first-order valence-electron chi connectivity index (χ1n) is 23.9. The number of hydrogen-bond donors (Lipinski definition) is 4. The molecule has 1 aliphatic rings. The van der Waals surface area contributed by atoms with Gasteiger partial charge in [-0.1, -0.05) is 160 Å². The lowest BCUT2D eigenvalue weighted by molar-refractivity contribution is -0.305. The molecule has 1 rings (SSSR count). The molecule has 6 atom stereocenters. The number of rotatable bonds is 38. The van der Waals surface area contributed by atoms with Gasteiger partial charge in [0.05, 0.1) is 19.8 Å². The van der Waals surface area contributed by atoms with Crippen molar-refractivity contribution in [3.05, 3.63) is 146 Å². The maximum absolute atomic E-state index is 12.8. The number of ether oxygens (including phenoxy) is 4. The first-order valence-corrected chi connectivity index (χ1v) is 23.9. The van der Waals surface area contributed by atoms with E-state index in [0.717, 1.165) is 103 Å². The lowest BCUT2D eigenvalue weighted by Crippen LogP contribution is -2.59. The van der Waals surface area contributed by atoms with Crippen molar-refractivity contribution >= 4 is 5.97 Å². The highest BCUT2D eigenvalue weighted by Crippen LogP contribution is 2.22. The third-order valence-corrected chi connectivity index (χ3v) is 9.75. The molecular weight excluding hydrogens is 805 g/mol. The van der Waals surface area contributed by atoms with Gasteiger partial charge in [-0.25, -0.2) is 0 Å². The molecular formula is C55H84O9. The topological polar surface area (TPSA) is 135 Å². The van der Waals surface area contributed by atoms with E-state index in [4.69, 9.17) is 18.9 Å². The van der Waals surface area contributed by atoms with Crippen molar-refractivity contribution in [2.45, 2.75) is 166 Å².